The lowest BCUT2D eigenvalue weighted by Crippen LogP contribution is -1.83. The third kappa shape index (κ3) is 1.77. The molecular formula is C12H9FN2S. The molecule has 2 nitrogen and oxygen atoms in total. The third-order valence-electron chi connectivity index (χ3n) is 2.32. The Balaban J connectivity index is 2.51. The van der Waals surface area contributed by atoms with Crippen LogP contribution in [0.3, 0.4) is 0 Å². The summed E-state index contributed by atoms with van der Waals surface area (Å²) < 4.78 is 13.4. The lowest BCUT2D eigenvalue weighted by Gasteiger charge is -1.99. The van der Waals surface area contributed by atoms with Gasteiger partial charge in [-0.1, -0.05) is 12.1 Å². The summed E-state index contributed by atoms with van der Waals surface area (Å²) in [6.07, 6.45) is 0. The number of nitriles is 1. The Morgan fingerprint density at radius 3 is 2.69 bits per heavy atom. The fourth-order valence-electron chi connectivity index (χ4n) is 1.38. The maximum Gasteiger partial charge on any atom is 0.128 e. The molecule has 2 rings (SSSR count). The molecule has 0 atom stereocenters. The van der Waals surface area contributed by atoms with Gasteiger partial charge >= 0.3 is 0 Å². The number of nitrogens with zero attached hydrogens (tertiary/aromatic N) is 1. The van der Waals surface area contributed by atoms with Gasteiger partial charge in [0.05, 0.1) is 5.69 Å². The zero-order valence-corrected chi connectivity index (χ0v) is 9.44. The number of halogens is 1. The first-order valence-corrected chi connectivity index (χ1v) is 5.49. The normalized spacial score (nSPS) is 10.1. The number of anilines is 1. The standard InChI is InChI=1S/C12H9FN2S/c1-7-2-3-8(4-9(7)13)11-5-10(15)12(6-14)16-11/h2-5H,15H2,1H3. The van der Waals surface area contributed by atoms with Gasteiger partial charge in [0.1, 0.15) is 16.8 Å². The summed E-state index contributed by atoms with van der Waals surface area (Å²) in [5.41, 5.74) is 7.46. The van der Waals surface area contributed by atoms with Crippen molar-refractivity contribution in [2.75, 3.05) is 5.73 Å². The van der Waals surface area contributed by atoms with Crippen LogP contribution in [0.1, 0.15) is 10.4 Å². The minimum absolute atomic E-state index is 0.247. The van der Waals surface area contributed by atoms with Crippen molar-refractivity contribution in [3.63, 3.8) is 0 Å². The number of nitrogen functional groups attached to an aromatic ring is 1. The lowest BCUT2D eigenvalue weighted by atomic mass is 10.1. The van der Waals surface area contributed by atoms with E-state index < -0.39 is 0 Å². The first-order chi connectivity index (χ1) is 7.61. The summed E-state index contributed by atoms with van der Waals surface area (Å²) in [6.45, 7) is 1.71. The van der Waals surface area contributed by atoms with E-state index in [-0.39, 0.29) is 5.82 Å². The minimum Gasteiger partial charge on any atom is -0.397 e. The molecule has 1 aromatic carbocycles. The fourth-order valence-corrected chi connectivity index (χ4v) is 2.25. The highest BCUT2D eigenvalue weighted by molar-refractivity contribution is 7.16. The molecule has 0 fully saturated rings. The average molecular weight is 232 g/mol. The summed E-state index contributed by atoms with van der Waals surface area (Å²) in [5, 5.41) is 8.78. The third-order valence-corrected chi connectivity index (χ3v) is 3.42. The van der Waals surface area contributed by atoms with E-state index in [1.54, 1.807) is 19.1 Å². The summed E-state index contributed by atoms with van der Waals surface area (Å²) in [4.78, 5) is 1.28. The molecule has 0 unspecified atom stereocenters. The van der Waals surface area contributed by atoms with Crippen LogP contribution in [-0.2, 0) is 0 Å². The van der Waals surface area contributed by atoms with Gasteiger partial charge in [0, 0.05) is 4.88 Å². The van der Waals surface area contributed by atoms with Crippen LogP contribution in [0.2, 0.25) is 0 Å². The van der Waals surface area contributed by atoms with Gasteiger partial charge in [0.15, 0.2) is 0 Å². The van der Waals surface area contributed by atoms with Crippen molar-refractivity contribution in [2.45, 2.75) is 6.92 Å². The van der Waals surface area contributed by atoms with Crippen LogP contribution in [0.25, 0.3) is 10.4 Å². The molecule has 2 aromatic rings. The van der Waals surface area contributed by atoms with E-state index in [1.807, 2.05) is 12.1 Å². The monoisotopic (exact) mass is 232 g/mol. The lowest BCUT2D eigenvalue weighted by molar-refractivity contribution is 0.619. The average Bonchev–Trinajstić information content (AvgIpc) is 2.64. The van der Waals surface area contributed by atoms with Crippen LogP contribution in [0.5, 0.6) is 0 Å². The number of benzene rings is 1. The van der Waals surface area contributed by atoms with Crippen molar-refractivity contribution in [1.29, 1.82) is 5.26 Å². The highest BCUT2D eigenvalue weighted by Gasteiger charge is 2.08. The van der Waals surface area contributed by atoms with Gasteiger partial charge < -0.3 is 5.73 Å². The highest BCUT2D eigenvalue weighted by Crippen LogP contribution is 2.33. The molecular weight excluding hydrogens is 223 g/mol. The highest BCUT2D eigenvalue weighted by atomic mass is 32.1. The van der Waals surface area contributed by atoms with Crippen LogP contribution >= 0.6 is 11.3 Å². The van der Waals surface area contributed by atoms with Crippen LogP contribution < -0.4 is 5.73 Å². The van der Waals surface area contributed by atoms with Gasteiger partial charge in [0.2, 0.25) is 0 Å². The van der Waals surface area contributed by atoms with Crippen molar-refractivity contribution in [3.05, 3.63) is 40.5 Å². The summed E-state index contributed by atoms with van der Waals surface area (Å²) >= 11 is 1.27. The molecule has 0 aliphatic heterocycles. The van der Waals surface area contributed by atoms with E-state index in [2.05, 4.69) is 0 Å². The molecule has 0 bridgehead atoms. The van der Waals surface area contributed by atoms with E-state index in [1.165, 1.54) is 17.4 Å². The first-order valence-electron chi connectivity index (χ1n) is 4.67. The SMILES string of the molecule is Cc1ccc(-c2cc(N)c(C#N)s2)cc1F. The Kier molecular flexibility index (Phi) is 2.63. The number of aryl methyl sites for hydroxylation is 1. The van der Waals surface area contributed by atoms with E-state index in [9.17, 15) is 4.39 Å². The van der Waals surface area contributed by atoms with E-state index >= 15 is 0 Å². The Hall–Kier alpha value is -1.86. The Labute approximate surface area is 96.8 Å². The van der Waals surface area contributed by atoms with Crippen LogP contribution in [0.15, 0.2) is 24.3 Å². The Morgan fingerprint density at radius 1 is 1.38 bits per heavy atom. The molecule has 0 aliphatic rings. The minimum atomic E-state index is -0.247. The number of thiophene rings is 1. The molecule has 1 aromatic heterocycles. The van der Waals surface area contributed by atoms with E-state index in [0.717, 1.165) is 10.4 Å². The van der Waals surface area contributed by atoms with Gasteiger partial charge in [-0.3, -0.25) is 0 Å². The van der Waals surface area contributed by atoms with Crippen LogP contribution in [-0.4, -0.2) is 0 Å². The van der Waals surface area contributed by atoms with Crippen molar-refractivity contribution in [2.24, 2.45) is 0 Å². The predicted octanol–water partition coefficient (Wildman–Crippen LogP) is 3.32. The summed E-state index contributed by atoms with van der Waals surface area (Å²) in [6, 6.07) is 8.71. The quantitative estimate of drug-likeness (QED) is 0.820. The van der Waals surface area contributed by atoms with Gasteiger partial charge in [-0.15, -0.1) is 11.3 Å². The van der Waals surface area contributed by atoms with Crippen molar-refractivity contribution < 1.29 is 4.39 Å². The van der Waals surface area contributed by atoms with Gasteiger partial charge in [-0.25, -0.2) is 4.39 Å². The van der Waals surface area contributed by atoms with Gasteiger partial charge in [-0.05, 0) is 30.2 Å². The number of nitrogens with two attached hydrogens (primary N) is 1. The second-order valence-corrected chi connectivity index (χ2v) is 4.52. The second-order valence-electron chi connectivity index (χ2n) is 3.47. The molecule has 4 heteroatoms. The molecule has 0 aliphatic carbocycles. The summed E-state index contributed by atoms with van der Waals surface area (Å²) in [5.74, 6) is -0.247. The number of hydrogen-bond acceptors (Lipinski definition) is 3. The molecule has 0 saturated carbocycles. The molecule has 1 heterocycles. The van der Waals surface area contributed by atoms with Crippen molar-refractivity contribution >= 4 is 17.0 Å². The topological polar surface area (TPSA) is 49.8 Å². The molecule has 0 spiro atoms. The Bertz CT molecular complexity index is 581. The van der Waals surface area contributed by atoms with E-state index in [0.29, 0.717) is 16.1 Å². The maximum atomic E-state index is 13.4. The molecule has 16 heavy (non-hydrogen) atoms. The number of hydrogen-bond donors (Lipinski definition) is 1. The van der Waals surface area contributed by atoms with Gasteiger partial charge in [-0.2, -0.15) is 5.26 Å². The molecule has 2 N–H and O–H groups in total. The van der Waals surface area contributed by atoms with Crippen LogP contribution in [0, 0.1) is 24.1 Å². The zero-order chi connectivity index (χ0) is 11.7. The predicted molar refractivity (Wildman–Crippen MR) is 63.6 cm³/mol. The smallest absolute Gasteiger partial charge is 0.128 e. The Morgan fingerprint density at radius 2 is 2.12 bits per heavy atom. The molecule has 0 amide bonds. The number of rotatable bonds is 1. The molecule has 0 saturated heterocycles. The van der Waals surface area contributed by atoms with E-state index in [4.69, 9.17) is 11.0 Å². The maximum absolute atomic E-state index is 13.4. The van der Waals surface area contributed by atoms with Crippen molar-refractivity contribution in [1.82, 2.24) is 0 Å². The van der Waals surface area contributed by atoms with Crippen LogP contribution in [0.4, 0.5) is 10.1 Å². The van der Waals surface area contributed by atoms with Crippen molar-refractivity contribution in [3.8, 4) is 16.5 Å². The fraction of sp³-hybridized carbons (Fsp3) is 0.0833. The molecule has 80 valence electrons. The largest absolute Gasteiger partial charge is 0.397 e. The summed E-state index contributed by atoms with van der Waals surface area (Å²) in [7, 11) is 0. The van der Waals surface area contributed by atoms with Gasteiger partial charge in [0.25, 0.3) is 0 Å². The first kappa shape index (κ1) is 10.7. The zero-order valence-electron chi connectivity index (χ0n) is 8.62. The molecule has 0 radical (unpaired) electrons. The second kappa shape index (κ2) is 3.95.